The van der Waals surface area contributed by atoms with Crippen LogP contribution in [0, 0.1) is 6.92 Å². The smallest absolute Gasteiger partial charge is 0.268 e. The van der Waals surface area contributed by atoms with Crippen LogP contribution in [0.25, 0.3) is 11.1 Å². The van der Waals surface area contributed by atoms with Gasteiger partial charge in [-0.25, -0.2) is 0 Å². The van der Waals surface area contributed by atoms with E-state index < -0.39 is 0 Å². The van der Waals surface area contributed by atoms with E-state index in [0.717, 1.165) is 28.0 Å². The Morgan fingerprint density at radius 2 is 2.09 bits per heavy atom. The van der Waals surface area contributed by atoms with Crippen LogP contribution in [0.15, 0.2) is 53.2 Å². The molecule has 3 aromatic heterocycles. The first-order valence-electron chi connectivity index (χ1n) is 7.46. The van der Waals surface area contributed by atoms with Gasteiger partial charge in [-0.05, 0) is 31.5 Å². The number of rotatable bonds is 5. The highest BCUT2D eigenvalue weighted by molar-refractivity contribution is 5.97. The standard InChI is InChI=1S/C18H19N3O2/c1-12(2)11-21-15-8-13(3)23-17(15)9-16(21)18(22)20-10-14-4-6-19-7-5-14/h4-9H,1,10-11H2,2-3H3,(H,20,22). The summed E-state index contributed by atoms with van der Waals surface area (Å²) in [5, 5.41) is 2.94. The van der Waals surface area contributed by atoms with E-state index in [1.165, 1.54) is 0 Å². The fraction of sp³-hybridized carbons (Fsp3) is 0.222. The van der Waals surface area contributed by atoms with E-state index in [1.807, 2.05) is 36.6 Å². The normalized spacial score (nSPS) is 10.9. The van der Waals surface area contributed by atoms with Gasteiger partial charge in [-0.1, -0.05) is 12.2 Å². The van der Waals surface area contributed by atoms with Crippen molar-refractivity contribution < 1.29 is 9.21 Å². The van der Waals surface area contributed by atoms with Crippen LogP contribution in [0.4, 0.5) is 0 Å². The van der Waals surface area contributed by atoms with Gasteiger partial charge in [0, 0.05) is 37.6 Å². The van der Waals surface area contributed by atoms with Crippen molar-refractivity contribution >= 4 is 17.0 Å². The topological polar surface area (TPSA) is 60.1 Å². The molecule has 1 N–H and O–H groups in total. The van der Waals surface area contributed by atoms with Gasteiger partial charge in [-0.15, -0.1) is 0 Å². The first kappa shape index (κ1) is 15.1. The number of nitrogens with zero attached hydrogens (tertiary/aromatic N) is 2. The molecule has 0 fully saturated rings. The second kappa shape index (κ2) is 6.12. The zero-order valence-corrected chi connectivity index (χ0v) is 13.3. The summed E-state index contributed by atoms with van der Waals surface area (Å²) in [5.41, 5.74) is 4.20. The molecule has 0 aliphatic heterocycles. The number of nitrogens with one attached hydrogen (secondary N) is 1. The van der Waals surface area contributed by atoms with Crippen molar-refractivity contribution in [1.82, 2.24) is 14.9 Å². The number of carbonyl (C=O) groups excluding carboxylic acids is 1. The highest BCUT2D eigenvalue weighted by Crippen LogP contribution is 2.24. The van der Waals surface area contributed by atoms with Gasteiger partial charge in [0.2, 0.25) is 0 Å². The third-order valence-corrected chi connectivity index (χ3v) is 3.58. The highest BCUT2D eigenvalue weighted by atomic mass is 16.3. The number of hydrogen-bond donors (Lipinski definition) is 1. The summed E-state index contributed by atoms with van der Waals surface area (Å²) < 4.78 is 7.59. The Morgan fingerprint density at radius 1 is 1.35 bits per heavy atom. The molecule has 23 heavy (non-hydrogen) atoms. The number of carbonyl (C=O) groups is 1. The lowest BCUT2D eigenvalue weighted by atomic mass is 10.2. The van der Waals surface area contributed by atoms with Crippen molar-refractivity contribution in [3.63, 3.8) is 0 Å². The molecule has 1 amide bonds. The van der Waals surface area contributed by atoms with Crippen molar-refractivity contribution in [2.24, 2.45) is 0 Å². The SMILES string of the molecule is C=C(C)Cn1c(C(=O)NCc2ccncc2)cc2oc(C)cc21. The van der Waals surface area contributed by atoms with E-state index in [2.05, 4.69) is 16.9 Å². The van der Waals surface area contributed by atoms with Crippen molar-refractivity contribution in [2.75, 3.05) is 0 Å². The predicted molar refractivity (Wildman–Crippen MR) is 89.2 cm³/mol. The Labute approximate surface area is 134 Å². The number of hydrogen-bond acceptors (Lipinski definition) is 3. The molecule has 0 radical (unpaired) electrons. The predicted octanol–water partition coefficient (Wildman–Crippen LogP) is 3.44. The zero-order valence-electron chi connectivity index (χ0n) is 13.3. The van der Waals surface area contributed by atoms with Gasteiger partial charge < -0.3 is 14.3 Å². The van der Waals surface area contributed by atoms with Crippen LogP contribution in [0.3, 0.4) is 0 Å². The number of fused-ring (bicyclic) bond motifs is 1. The minimum atomic E-state index is -0.132. The van der Waals surface area contributed by atoms with Gasteiger partial charge in [0.05, 0.1) is 5.52 Å². The van der Waals surface area contributed by atoms with Crippen molar-refractivity contribution in [3.8, 4) is 0 Å². The van der Waals surface area contributed by atoms with E-state index in [4.69, 9.17) is 4.42 Å². The van der Waals surface area contributed by atoms with E-state index in [0.29, 0.717) is 18.8 Å². The molecule has 0 aliphatic carbocycles. The quantitative estimate of drug-likeness (QED) is 0.734. The molecular formula is C18H19N3O2. The lowest BCUT2D eigenvalue weighted by Crippen LogP contribution is -2.25. The monoisotopic (exact) mass is 309 g/mol. The fourth-order valence-corrected chi connectivity index (χ4v) is 2.57. The Bertz CT molecular complexity index is 859. The third kappa shape index (κ3) is 3.18. The first-order chi connectivity index (χ1) is 11.0. The van der Waals surface area contributed by atoms with Crippen LogP contribution in [-0.2, 0) is 13.1 Å². The molecule has 0 aromatic carbocycles. The lowest BCUT2D eigenvalue weighted by Gasteiger charge is -2.10. The van der Waals surface area contributed by atoms with Crippen LogP contribution in [0.5, 0.6) is 0 Å². The van der Waals surface area contributed by atoms with E-state index in [9.17, 15) is 4.79 Å². The van der Waals surface area contributed by atoms with Gasteiger partial charge >= 0.3 is 0 Å². The van der Waals surface area contributed by atoms with E-state index >= 15 is 0 Å². The van der Waals surface area contributed by atoms with Gasteiger partial charge in [0.25, 0.3) is 5.91 Å². The summed E-state index contributed by atoms with van der Waals surface area (Å²) in [6, 6.07) is 7.48. The van der Waals surface area contributed by atoms with Crippen molar-refractivity contribution in [3.05, 3.63) is 65.8 Å². The average molecular weight is 309 g/mol. The molecule has 0 atom stereocenters. The summed E-state index contributed by atoms with van der Waals surface area (Å²) >= 11 is 0. The number of aromatic nitrogens is 2. The van der Waals surface area contributed by atoms with Crippen LogP contribution in [-0.4, -0.2) is 15.5 Å². The highest BCUT2D eigenvalue weighted by Gasteiger charge is 2.18. The molecule has 0 aliphatic rings. The van der Waals surface area contributed by atoms with Crippen molar-refractivity contribution in [2.45, 2.75) is 26.9 Å². The van der Waals surface area contributed by atoms with Gasteiger partial charge in [-0.2, -0.15) is 0 Å². The van der Waals surface area contributed by atoms with Gasteiger partial charge in [0.1, 0.15) is 11.5 Å². The summed E-state index contributed by atoms with van der Waals surface area (Å²) in [7, 11) is 0. The number of pyridine rings is 1. The van der Waals surface area contributed by atoms with Crippen LogP contribution >= 0.6 is 0 Å². The molecule has 0 saturated carbocycles. The molecule has 0 spiro atoms. The first-order valence-corrected chi connectivity index (χ1v) is 7.46. The van der Waals surface area contributed by atoms with E-state index in [1.54, 1.807) is 18.5 Å². The molecular weight excluding hydrogens is 290 g/mol. The second-order valence-corrected chi connectivity index (χ2v) is 5.72. The molecule has 118 valence electrons. The lowest BCUT2D eigenvalue weighted by molar-refractivity contribution is 0.0942. The van der Waals surface area contributed by atoms with E-state index in [-0.39, 0.29) is 5.91 Å². The number of allylic oxidation sites excluding steroid dienone is 1. The molecule has 3 rings (SSSR count). The summed E-state index contributed by atoms with van der Waals surface area (Å²) in [4.78, 5) is 16.5. The maximum atomic E-state index is 12.6. The molecule has 3 aromatic rings. The van der Waals surface area contributed by atoms with Crippen molar-refractivity contribution in [1.29, 1.82) is 0 Å². The molecule has 5 nitrogen and oxygen atoms in total. The Hall–Kier alpha value is -2.82. The zero-order chi connectivity index (χ0) is 16.4. The third-order valence-electron chi connectivity index (χ3n) is 3.58. The van der Waals surface area contributed by atoms with Crippen LogP contribution in [0.1, 0.15) is 28.7 Å². The Morgan fingerprint density at radius 3 is 2.78 bits per heavy atom. The van der Waals surface area contributed by atoms with Crippen LogP contribution in [0.2, 0.25) is 0 Å². The molecule has 0 bridgehead atoms. The van der Waals surface area contributed by atoms with Gasteiger partial charge in [-0.3, -0.25) is 9.78 Å². The Balaban J connectivity index is 1.87. The van der Waals surface area contributed by atoms with Gasteiger partial charge in [0.15, 0.2) is 5.58 Å². The second-order valence-electron chi connectivity index (χ2n) is 5.72. The number of furan rings is 1. The van der Waals surface area contributed by atoms with Crippen LogP contribution < -0.4 is 5.32 Å². The summed E-state index contributed by atoms with van der Waals surface area (Å²) in [5.74, 6) is 0.696. The summed E-state index contributed by atoms with van der Waals surface area (Å²) in [6.45, 7) is 8.83. The molecule has 0 saturated heterocycles. The maximum absolute atomic E-state index is 12.6. The molecule has 5 heteroatoms. The fourth-order valence-electron chi connectivity index (χ4n) is 2.57. The maximum Gasteiger partial charge on any atom is 0.268 e. The number of amides is 1. The largest absolute Gasteiger partial charge is 0.460 e. The average Bonchev–Trinajstić information content (AvgIpc) is 3.03. The minimum absolute atomic E-state index is 0.132. The Kier molecular flexibility index (Phi) is 4.02. The molecule has 0 unspecified atom stereocenters. The summed E-state index contributed by atoms with van der Waals surface area (Å²) in [6.07, 6.45) is 3.42. The minimum Gasteiger partial charge on any atom is -0.460 e. The number of aryl methyl sites for hydroxylation is 1. The molecule has 3 heterocycles.